The molecule has 0 radical (unpaired) electrons. The van der Waals surface area contributed by atoms with Gasteiger partial charge in [-0.1, -0.05) is 40.2 Å². The van der Waals surface area contributed by atoms with Gasteiger partial charge in [-0.15, -0.1) is 0 Å². The molecular formula is C25H32BrN5. The Morgan fingerprint density at radius 1 is 0.968 bits per heavy atom. The summed E-state index contributed by atoms with van der Waals surface area (Å²) in [6, 6.07) is 17.3. The molecule has 6 heteroatoms. The Labute approximate surface area is 193 Å². The second kappa shape index (κ2) is 10.4. The maximum atomic E-state index is 4.80. The lowest BCUT2D eigenvalue weighted by molar-refractivity contribution is 0.325. The first-order valence-corrected chi connectivity index (χ1v) is 12.0. The van der Waals surface area contributed by atoms with E-state index in [4.69, 9.17) is 9.97 Å². The van der Waals surface area contributed by atoms with Gasteiger partial charge in [-0.2, -0.15) is 4.98 Å². The lowest BCUT2D eigenvalue weighted by Gasteiger charge is -2.29. The first-order chi connectivity index (χ1) is 15.1. The van der Waals surface area contributed by atoms with Crippen LogP contribution in [0.25, 0.3) is 10.9 Å². The zero-order chi connectivity index (χ0) is 21.6. The molecule has 2 N–H and O–H groups in total. The lowest BCUT2D eigenvalue weighted by atomic mass is 9.86. The Bertz CT molecular complexity index is 981. The van der Waals surface area contributed by atoms with Crippen LogP contribution in [-0.2, 0) is 6.42 Å². The van der Waals surface area contributed by atoms with E-state index in [0.717, 1.165) is 52.6 Å². The third-order valence-corrected chi connectivity index (χ3v) is 6.65. The molecule has 0 saturated heterocycles. The van der Waals surface area contributed by atoms with Crippen molar-refractivity contribution in [2.45, 2.75) is 38.1 Å². The summed E-state index contributed by atoms with van der Waals surface area (Å²) in [5, 5.41) is 8.36. The van der Waals surface area contributed by atoms with E-state index in [0.29, 0.717) is 6.04 Å². The van der Waals surface area contributed by atoms with E-state index in [1.807, 2.05) is 26.2 Å². The van der Waals surface area contributed by atoms with Gasteiger partial charge in [0.1, 0.15) is 5.82 Å². The second-order valence-corrected chi connectivity index (χ2v) is 9.64. The highest BCUT2D eigenvalue weighted by Crippen LogP contribution is 2.28. The number of hydrogen-bond donors (Lipinski definition) is 2. The zero-order valence-corrected chi connectivity index (χ0v) is 20.0. The van der Waals surface area contributed by atoms with Gasteiger partial charge in [-0.05, 0) is 80.9 Å². The molecule has 1 aliphatic carbocycles. The van der Waals surface area contributed by atoms with Crippen molar-refractivity contribution in [2.75, 3.05) is 37.4 Å². The number of benzene rings is 2. The minimum atomic E-state index is 0.454. The SMILES string of the molecule is CN(C)c1nc(NC2CCC(CNCCc3ccc(Br)cc3)CC2)nc2ccccc12. The Morgan fingerprint density at radius 3 is 2.45 bits per heavy atom. The van der Waals surface area contributed by atoms with E-state index in [-0.39, 0.29) is 0 Å². The van der Waals surface area contributed by atoms with Crippen LogP contribution in [0, 0.1) is 5.92 Å². The smallest absolute Gasteiger partial charge is 0.225 e. The molecule has 0 aliphatic heterocycles. The van der Waals surface area contributed by atoms with E-state index >= 15 is 0 Å². The van der Waals surface area contributed by atoms with Crippen LogP contribution in [0.5, 0.6) is 0 Å². The van der Waals surface area contributed by atoms with Crippen LogP contribution in [0.1, 0.15) is 31.2 Å². The van der Waals surface area contributed by atoms with Gasteiger partial charge in [-0.3, -0.25) is 0 Å². The van der Waals surface area contributed by atoms with Crippen LogP contribution in [0.4, 0.5) is 11.8 Å². The molecule has 31 heavy (non-hydrogen) atoms. The fourth-order valence-corrected chi connectivity index (χ4v) is 4.61. The number of para-hydroxylation sites is 1. The summed E-state index contributed by atoms with van der Waals surface area (Å²) < 4.78 is 1.14. The summed E-state index contributed by atoms with van der Waals surface area (Å²) >= 11 is 3.49. The number of aromatic nitrogens is 2. The Balaban J connectivity index is 1.24. The summed E-state index contributed by atoms with van der Waals surface area (Å²) in [5.74, 6) is 2.48. The summed E-state index contributed by atoms with van der Waals surface area (Å²) in [7, 11) is 4.07. The third kappa shape index (κ3) is 5.95. The van der Waals surface area contributed by atoms with Crippen LogP contribution < -0.4 is 15.5 Å². The van der Waals surface area contributed by atoms with Gasteiger partial charge in [0.05, 0.1) is 5.52 Å². The molecule has 1 saturated carbocycles. The molecule has 1 heterocycles. The quantitative estimate of drug-likeness (QED) is 0.429. The van der Waals surface area contributed by atoms with Gasteiger partial charge in [0.15, 0.2) is 0 Å². The number of nitrogens with zero attached hydrogens (tertiary/aromatic N) is 3. The van der Waals surface area contributed by atoms with E-state index in [1.165, 1.54) is 31.2 Å². The lowest BCUT2D eigenvalue weighted by Crippen LogP contribution is -2.32. The molecule has 2 aromatic carbocycles. The van der Waals surface area contributed by atoms with E-state index < -0.39 is 0 Å². The summed E-state index contributed by atoms with van der Waals surface area (Å²) in [5.41, 5.74) is 2.38. The fraction of sp³-hybridized carbons (Fsp3) is 0.440. The van der Waals surface area contributed by atoms with Crippen molar-refractivity contribution >= 4 is 38.6 Å². The fourth-order valence-electron chi connectivity index (χ4n) is 4.35. The maximum Gasteiger partial charge on any atom is 0.225 e. The molecule has 0 amide bonds. The van der Waals surface area contributed by atoms with Crippen molar-refractivity contribution in [3.8, 4) is 0 Å². The van der Waals surface area contributed by atoms with Gasteiger partial charge in [-0.25, -0.2) is 4.98 Å². The van der Waals surface area contributed by atoms with Crippen LogP contribution in [0.15, 0.2) is 53.0 Å². The summed E-state index contributed by atoms with van der Waals surface area (Å²) in [6.45, 7) is 2.15. The summed E-state index contributed by atoms with van der Waals surface area (Å²) in [4.78, 5) is 11.6. The Morgan fingerprint density at radius 2 is 1.71 bits per heavy atom. The third-order valence-electron chi connectivity index (χ3n) is 6.12. The molecule has 1 aromatic heterocycles. The highest BCUT2D eigenvalue weighted by Gasteiger charge is 2.22. The number of nitrogens with one attached hydrogen (secondary N) is 2. The zero-order valence-electron chi connectivity index (χ0n) is 18.4. The predicted octanol–water partition coefficient (Wildman–Crippen LogP) is 5.26. The van der Waals surface area contributed by atoms with Gasteiger partial charge in [0.25, 0.3) is 0 Å². The standard InChI is InChI=1S/C25H32BrN5/c1-31(2)24-22-5-3-4-6-23(22)29-25(30-24)28-21-13-9-19(10-14-21)17-27-16-15-18-7-11-20(26)12-8-18/h3-8,11-12,19,21,27H,9-10,13-17H2,1-2H3,(H,28,29,30). The van der Waals surface area contributed by atoms with Crippen LogP contribution in [-0.4, -0.2) is 43.2 Å². The predicted molar refractivity (Wildman–Crippen MR) is 134 cm³/mol. The Kier molecular flexibility index (Phi) is 7.41. The normalized spacial score (nSPS) is 18.8. The first kappa shape index (κ1) is 22.0. The topological polar surface area (TPSA) is 53.1 Å². The first-order valence-electron chi connectivity index (χ1n) is 11.2. The number of hydrogen-bond acceptors (Lipinski definition) is 5. The monoisotopic (exact) mass is 481 g/mol. The molecule has 3 aromatic rings. The van der Waals surface area contributed by atoms with Crippen molar-refractivity contribution in [3.63, 3.8) is 0 Å². The molecule has 4 rings (SSSR count). The van der Waals surface area contributed by atoms with Crippen molar-refractivity contribution in [2.24, 2.45) is 5.92 Å². The molecule has 164 valence electrons. The van der Waals surface area contributed by atoms with Gasteiger partial charge in [0.2, 0.25) is 5.95 Å². The molecule has 1 fully saturated rings. The molecule has 1 aliphatic rings. The highest BCUT2D eigenvalue weighted by molar-refractivity contribution is 9.10. The number of fused-ring (bicyclic) bond motifs is 1. The van der Waals surface area contributed by atoms with Gasteiger partial charge < -0.3 is 15.5 Å². The van der Waals surface area contributed by atoms with Crippen molar-refractivity contribution < 1.29 is 0 Å². The average molecular weight is 482 g/mol. The molecular weight excluding hydrogens is 450 g/mol. The number of anilines is 2. The van der Waals surface area contributed by atoms with Gasteiger partial charge in [0, 0.05) is 30.0 Å². The van der Waals surface area contributed by atoms with Crippen molar-refractivity contribution in [1.82, 2.24) is 15.3 Å². The number of rotatable bonds is 8. The number of halogens is 1. The molecule has 0 bridgehead atoms. The Hall–Kier alpha value is -2.18. The minimum absolute atomic E-state index is 0.454. The van der Waals surface area contributed by atoms with Crippen molar-refractivity contribution in [1.29, 1.82) is 0 Å². The average Bonchev–Trinajstić information content (AvgIpc) is 2.78. The highest BCUT2D eigenvalue weighted by atomic mass is 79.9. The minimum Gasteiger partial charge on any atom is -0.362 e. The molecule has 0 atom stereocenters. The second-order valence-electron chi connectivity index (χ2n) is 8.72. The van der Waals surface area contributed by atoms with Crippen molar-refractivity contribution in [3.05, 3.63) is 58.6 Å². The molecule has 0 spiro atoms. The van der Waals surface area contributed by atoms with E-state index in [2.05, 4.69) is 67.9 Å². The summed E-state index contributed by atoms with van der Waals surface area (Å²) in [6.07, 6.45) is 5.92. The largest absolute Gasteiger partial charge is 0.362 e. The molecule has 0 unspecified atom stereocenters. The van der Waals surface area contributed by atoms with Crippen LogP contribution in [0.2, 0.25) is 0 Å². The molecule has 5 nitrogen and oxygen atoms in total. The maximum absolute atomic E-state index is 4.80. The van der Waals surface area contributed by atoms with E-state index in [1.54, 1.807) is 0 Å². The van der Waals surface area contributed by atoms with E-state index in [9.17, 15) is 0 Å². The van der Waals surface area contributed by atoms with Crippen LogP contribution in [0.3, 0.4) is 0 Å². The van der Waals surface area contributed by atoms with Crippen LogP contribution >= 0.6 is 15.9 Å². The van der Waals surface area contributed by atoms with Gasteiger partial charge >= 0.3 is 0 Å².